The van der Waals surface area contributed by atoms with E-state index in [0.29, 0.717) is 12.3 Å². The minimum atomic E-state index is -0.691. The van der Waals surface area contributed by atoms with Crippen molar-refractivity contribution in [3.63, 3.8) is 0 Å². The van der Waals surface area contributed by atoms with Crippen LogP contribution in [0.15, 0.2) is 18.3 Å². The highest BCUT2D eigenvalue weighted by Crippen LogP contribution is 2.20. The minimum Gasteiger partial charge on any atom is -0.386 e. The number of aliphatic hydroxyl groups is 1. The number of halogens is 1. The number of ether oxygens (including phenoxy) is 1. The Morgan fingerprint density at radius 1 is 1.35 bits per heavy atom. The minimum absolute atomic E-state index is 0.0111. The molecule has 0 aromatic carbocycles. The third-order valence-electron chi connectivity index (χ3n) is 3.12. The van der Waals surface area contributed by atoms with Crippen LogP contribution >= 0.6 is 0 Å². The van der Waals surface area contributed by atoms with Gasteiger partial charge in [0.1, 0.15) is 5.82 Å². The molecule has 20 heavy (non-hydrogen) atoms. The molecule has 0 saturated carbocycles. The van der Waals surface area contributed by atoms with Crippen LogP contribution in [0.4, 0.5) is 4.39 Å². The van der Waals surface area contributed by atoms with E-state index in [0.717, 1.165) is 19.3 Å². The normalized spacial score (nSPS) is 14.8. The van der Waals surface area contributed by atoms with E-state index in [2.05, 4.69) is 9.88 Å². The Morgan fingerprint density at radius 2 is 2.05 bits per heavy atom. The summed E-state index contributed by atoms with van der Waals surface area (Å²) in [6.07, 6.45) is 0.671. The van der Waals surface area contributed by atoms with Crippen LogP contribution in [-0.4, -0.2) is 47.8 Å². The van der Waals surface area contributed by atoms with Gasteiger partial charge in [-0.1, -0.05) is 6.92 Å². The number of hydrogen-bond donors (Lipinski definition) is 1. The third kappa shape index (κ3) is 5.94. The van der Waals surface area contributed by atoms with E-state index in [4.69, 9.17) is 4.74 Å². The lowest BCUT2D eigenvalue weighted by Crippen LogP contribution is -2.31. The van der Waals surface area contributed by atoms with Gasteiger partial charge in [-0.2, -0.15) is 0 Å². The van der Waals surface area contributed by atoms with Crippen molar-refractivity contribution in [2.45, 2.75) is 33.0 Å². The molecular weight excluding hydrogens is 259 g/mol. The number of aromatic nitrogens is 1. The lowest BCUT2D eigenvalue weighted by atomic mass is 10.0. The Bertz CT molecular complexity index is 384. The van der Waals surface area contributed by atoms with E-state index in [1.54, 1.807) is 0 Å². The van der Waals surface area contributed by atoms with Crippen LogP contribution in [-0.2, 0) is 4.74 Å². The fourth-order valence-electron chi connectivity index (χ4n) is 1.98. The smallest absolute Gasteiger partial charge is 0.141 e. The summed E-state index contributed by atoms with van der Waals surface area (Å²) < 4.78 is 18.3. The molecule has 0 saturated heterocycles. The van der Waals surface area contributed by atoms with Gasteiger partial charge in [0.05, 0.1) is 30.7 Å². The molecule has 0 radical (unpaired) electrons. The number of likely N-dealkylation sites (N-methyl/N-ethyl adjacent to an activating group) is 1. The van der Waals surface area contributed by atoms with Crippen LogP contribution in [0.2, 0.25) is 0 Å². The highest BCUT2D eigenvalue weighted by atomic mass is 19.1. The maximum absolute atomic E-state index is 12.8. The van der Waals surface area contributed by atoms with Gasteiger partial charge in [0.15, 0.2) is 0 Å². The summed E-state index contributed by atoms with van der Waals surface area (Å²) in [7, 11) is 1.99. The van der Waals surface area contributed by atoms with Gasteiger partial charge in [-0.3, -0.25) is 4.98 Å². The summed E-state index contributed by atoms with van der Waals surface area (Å²) in [4.78, 5) is 6.03. The van der Waals surface area contributed by atoms with Crippen molar-refractivity contribution in [3.05, 3.63) is 29.8 Å². The van der Waals surface area contributed by atoms with Crippen molar-refractivity contribution in [2.24, 2.45) is 5.92 Å². The van der Waals surface area contributed by atoms with E-state index >= 15 is 0 Å². The van der Waals surface area contributed by atoms with Crippen molar-refractivity contribution in [2.75, 3.05) is 26.7 Å². The largest absolute Gasteiger partial charge is 0.386 e. The Balaban J connectivity index is 2.40. The molecule has 2 atom stereocenters. The lowest BCUT2D eigenvalue weighted by Gasteiger charge is -2.25. The van der Waals surface area contributed by atoms with Gasteiger partial charge in [-0.15, -0.1) is 0 Å². The molecule has 5 heteroatoms. The Morgan fingerprint density at radius 3 is 2.60 bits per heavy atom. The SMILES string of the molecule is CC(C)OCCN(C)CC(C)C(O)c1ccc(F)cn1. The molecule has 0 spiro atoms. The van der Waals surface area contributed by atoms with Crippen molar-refractivity contribution >= 4 is 0 Å². The molecule has 0 bridgehead atoms. The standard InChI is InChI=1S/C15H25FN2O2/c1-11(2)20-8-7-18(4)10-12(3)15(19)14-6-5-13(16)9-17-14/h5-6,9,11-12,15,19H,7-8,10H2,1-4H3. The summed E-state index contributed by atoms with van der Waals surface area (Å²) >= 11 is 0. The second-order valence-corrected chi connectivity index (χ2v) is 5.51. The van der Waals surface area contributed by atoms with E-state index in [1.807, 2.05) is 27.8 Å². The topological polar surface area (TPSA) is 45.6 Å². The summed E-state index contributed by atoms with van der Waals surface area (Å²) in [6.45, 7) is 8.17. The van der Waals surface area contributed by atoms with Gasteiger partial charge < -0.3 is 14.7 Å². The van der Waals surface area contributed by atoms with Gasteiger partial charge in [0.25, 0.3) is 0 Å². The monoisotopic (exact) mass is 284 g/mol. The van der Waals surface area contributed by atoms with Gasteiger partial charge in [-0.25, -0.2) is 4.39 Å². The molecule has 4 nitrogen and oxygen atoms in total. The molecule has 1 rings (SSSR count). The fourth-order valence-corrected chi connectivity index (χ4v) is 1.98. The van der Waals surface area contributed by atoms with Gasteiger partial charge >= 0.3 is 0 Å². The number of nitrogens with zero attached hydrogens (tertiary/aromatic N) is 2. The highest BCUT2D eigenvalue weighted by molar-refractivity contribution is 5.08. The Hall–Kier alpha value is -1.04. The lowest BCUT2D eigenvalue weighted by molar-refractivity contribution is 0.0494. The quantitative estimate of drug-likeness (QED) is 0.795. The number of hydrogen-bond acceptors (Lipinski definition) is 4. The molecule has 2 unspecified atom stereocenters. The van der Waals surface area contributed by atoms with Gasteiger partial charge in [0, 0.05) is 19.0 Å². The average molecular weight is 284 g/mol. The van der Waals surface area contributed by atoms with E-state index in [-0.39, 0.29) is 12.0 Å². The van der Waals surface area contributed by atoms with Crippen LogP contribution in [0.5, 0.6) is 0 Å². The summed E-state index contributed by atoms with van der Waals surface area (Å²) in [6, 6.07) is 2.84. The summed E-state index contributed by atoms with van der Waals surface area (Å²) in [5.41, 5.74) is 0.505. The molecule has 1 N–H and O–H groups in total. The molecule has 0 aliphatic heterocycles. The third-order valence-corrected chi connectivity index (χ3v) is 3.12. The average Bonchev–Trinajstić information content (AvgIpc) is 2.38. The molecule has 1 aromatic heterocycles. The molecule has 0 fully saturated rings. The predicted molar refractivity (Wildman–Crippen MR) is 76.9 cm³/mol. The molecule has 0 aliphatic rings. The Kier molecular flexibility index (Phi) is 7.05. The van der Waals surface area contributed by atoms with E-state index in [1.165, 1.54) is 12.1 Å². The van der Waals surface area contributed by atoms with Crippen LogP contribution in [0.3, 0.4) is 0 Å². The molecule has 1 heterocycles. The first kappa shape index (κ1) is 17.0. The zero-order valence-electron chi connectivity index (χ0n) is 12.7. The zero-order chi connectivity index (χ0) is 15.1. The maximum atomic E-state index is 12.8. The fraction of sp³-hybridized carbons (Fsp3) is 0.667. The second-order valence-electron chi connectivity index (χ2n) is 5.51. The van der Waals surface area contributed by atoms with Crippen LogP contribution < -0.4 is 0 Å². The van der Waals surface area contributed by atoms with Gasteiger partial charge in [0.2, 0.25) is 0 Å². The van der Waals surface area contributed by atoms with Crippen LogP contribution in [0.25, 0.3) is 0 Å². The van der Waals surface area contributed by atoms with Crippen molar-refractivity contribution < 1.29 is 14.2 Å². The van der Waals surface area contributed by atoms with E-state index in [9.17, 15) is 9.50 Å². The molecule has 114 valence electrons. The van der Waals surface area contributed by atoms with Crippen LogP contribution in [0.1, 0.15) is 32.6 Å². The van der Waals surface area contributed by atoms with E-state index < -0.39 is 11.9 Å². The number of aliphatic hydroxyl groups excluding tert-OH is 1. The number of pyridine rings is 1. The second kappa shape index (κ2) is 8.29. The van der Waals surface area contributed by atoms with Crippen molar-refractivity contribution in [1.82, 2.24) is 9.88 Å². The van der Waals surface area contributed by atoms with Crippen LogP contribution in [0, 0.1) is 11.7 Å². The predicted octanol–water partition coefficient (Wildman–Crippen LogP) is 2.25. The first-order valence-corrected chi connectivity index (χ1v) is 6.99. The van der Waals surface area contributed by atoms with Crippen molar-refractivity contribution in [3.8, 4) is 0 Å². The first-order valence-electron chi connectivity index (χ1n) is 6.99. The van der Waals surface area contributed by atoms with Gasteiger partial charge in [-0.05, 0) is 33.0 Å². The molecule has 0 amide bonds. The van der Waals surface area contributed by atoms with Crippen molar-refractivity contribution in [1.29, 1.82) is 0 Å². The molecule has 0 aliphatic carbocycles. The highest BCUT2D eigenvalue weighted by Gasteiger charge is 2.19. The zero-order valence-corrected chi connectivity index (χ0v) is 12.7. The number of rotatable bonds is 8. The summed E-state index contributed by atoms with van der Waals surface area (Å²) in [5.74, 6) is -0.381. The molecular formula is C15H25FN2O2. The Labute approximate surface area is 120 Å². The first-order chi connectivity index (χ1) is 9.40. The maximum Gasteiger partial charge on any atom is 0.141 e. The molecule has 1 aromatic rings. The summed E-state index contributed by atoms with van der Waals surface area (Å²) in [5, 5.41) is 10.2.